The molecule has 11 aromatic rings. The lowest BCUT2D eigenvalue weighted by Gasteiger charge is -2.14. The molecule has 0 radical (unpaired) electrons. The van der Waals surface area contributed by atoms with Crippen LogP contribution in [0.25, 0.3) is 120 Å². The minimum absolute atomic E-state index is 0.699. The predicted molar refractivity (Wildman–Crippen MR) is 249 cm³/mol. The Balaban J connectivity index is 1.03. The first-order valence-corrected chi connectivity index (χ1v) is 20.9. The molecule has 9 aromatic carbocycles. The lowest BCUT2D eigenvalue weighted by molar-refractivity contribution is 1.18. The van der Waals surface area contributed by atoms with Crippen LogP contribution in [-0.2, 0) is 0 Å². The van der Waals surface area contributed by atoms with Gasteiger partial charge in [0.05, 0.1) is 11.4 Å². The summed E-state index contributed by atoms with van der Waals surface area (Å²) < 4.78 is 2.61. The third-order valence-corrected chi connectivity index (χ3v) is 13.0. The van der Waals surface area contributed by atoms with Gasteiger partial charge in [-0.25, -0.2) is 9.97 Å². The molecule has 0 spiro atoms. The molecule has 0 saturated carbocycles. The summed E-state index contributed by atoms with van der Waals surface area (Å²) in [6.45, 7) is 0. The minimum atomic E-state index is 0.699. The highest BCUT2D eigenvalue weighted by molar-refractivity contribution is 7.25. The maximum absolute atomic E-state index is 5.31. The van der Waals surface area contributed by atoms with Gasteiger partial charge < -0.3 is 0 Å². The minimum Gasteiger partial charge on any atom is -0.228 e. The Labute approximate surface area is 346 Å². The van der Waals surface area contributed by atoms with Crippen LogP contribution in [0.4, 0.5) is 0 Å². The average Bonchev–Trinajstić information content (AvgIpc) is 3.85. The van der Waals surface area contributed by atoms with Gasteiger partial charge in [0.25, 0.3) is 0 Å². The molecule has 1 aliphatic carbocycles. The number of hydrogen-bond donors (Lipinski definition) is 0. The molecule has 12 rings (SSSR count). The van der Waals surface area contributed by atoms with Crippen molar-refractivity contribution in [3.8, 4) is 89.5 Å². The molecule has 2 heterocycles. The molecule has 0 bridgehead atoms. The van der Waals surface area contributed by atoms with Crippen molar-refractivity contribution in [1.82, 2.24) is 9.97 Å². The fourth-order valence-electron chi connectivity index (χ4n) is 9.01. The molecule has 0 unspecified atom stereocenters. The fraction of sp³-hybridized carbons (Fsp3) is 0. The highest BCUT2D eigenvalue weighted by atomic mass is 32.1. The first kappa shape index (κ1) is 33.7. The molecule has 59 heavy (non-hydrogen) atoms. The second kappa shape index (κ2) is 13.6. The van der Waals surface area contributed by atoms with Crippen LogP contribution in [0.2, 0.25) is 0 Å². The Hall–Kier alpha value is -7.46. The lowest BCUT2D eigenvalue weighted by atomic mass is 9.92. The zero-order valence-electron chi connectivity index (χ0n) is 31.9. The van der Waals surface area contributed by atoms with E-state index < -0.39 is 0 Å². The van der Waals surface area contributed by atoms with Crippen LogP contribution in [0, 0.1) is 0 Å². The summed E-state index contributed by atoms with van der Waals surface area (Å²) in [4.78, 5) is 10.6. The Morgan fingerprint density at radius 1 is 0.271 bits per heavy atom. The average molecular weight is 767 g/mol. The van der Waals surface area contributed by atoms with E-state index >= 15 is 0 Å². The van der Waals surface area contributed by atoms with E-state index in [-0.39, 0.29) is 0 Å². The molecule has 2 aromatic heterocycles. The topological polar surface area (TPSA) is 25.8 Å². The Morgan fingerprint density at radius 2 is 0.814 bits per heavy atom. The van der Waals surface area contributed by atoms with Gasteiger partial charge in [0.1, 0.15) is 0 Å². The zero-order valence-corrected chi connectivity index (χ0v) is 32.7. The van der Waals surface area contributed by atoms with E-state index in [0.717, 1.165) is 50.3 Å². The number of fused-ring (bicyclic) bond motifs is 6. The van der Waals surface area contributed by atoms with Crippen molar-refractivity contribution in [2.24, 2.45) is 0 Å². The summed E-state index contributed by atoms with van der Waals surface area (Å²) in [5.41, 5.74) is 17.1. The van der Waals surface area contributed by atoms with Crippen LogP contribution < -0.4 is 0 Å². The van der Waals surface area contributed by atoms with Gasteiger partial charge in [-0.2, -0.15) is 0 Å². The quantitative estimate of drug-likeness (QED) is 0.168. The predicted octanol–water partition coefficient (Wildman–Crippen LogP) is 15.6. The van der Waals surface area contributed by atoms with Gasteiger partial charge in [0, 0.05) is 36.9 Å². The van der Waals surface area contributed by atoms with Gasteiger partial charge in [0.2, 0.25) is 0 Å². The van der Waals surface area contributed by atoms with Gasteiger partial charge >= 0.3 is 0 Å². The van der Waals surface area contributed by atoms with E-state index in [0.29, 0.717) is 5.82 Å². The van der Waals surface area contributed by atoms with E-state index in [1.165, 1.54) is 64.3 Å². The van der Waals surface area contributed by atoms with Crippen molar-refractivity contribution >= 4 is 42.3 Å². The van der Waals surface area contributed by atoms with Crippen molar-refractivity contribution in [1.29, 1.82) is 0 Å². The number of hydrogen-bond acceptors (Lipinski definition) is 3. The Morgan fingerprint density at radius 3 is 1.63 bits per heavy atom. The number of aromatic nitrogens is 2. The summed E-state index contributed by atoms with van der Waals surface area (Å²) >= 11 is 1.85. The van der Waals surface area contributed by atoms with Gasteiger partial charge in [-0.15, -0.1) is 11.3 Å². The second-order valence-corrected chi connectivity index (χ2v) is 16.4. The first-order chi connectivity index (χ1) is 29.2. The molecule has 0 aliphatic heterocycles. The normalized spacial score (nSPS) is 11.7. The molecule has 3 heteroatoms. The Kier molecular flexibility index (Phi) is 7.75. The number of rotatable bonds is 6. The van der Waals surface area contributed by atoms with Crippen molar-refractivity contribution < 1.29 is 0 Å². The smallest absolute Gasteiger partial charge is 0.160 e. The molecule has 274 valence electrons. The zero-order chi connectivity index (χ0) is 38.9. The summed E-state index contributed by atoms with van der Waals surface area (Å²) in [6, 6.07) is 74.5. The van der Waals surface area contributed by atoms with Crippen molar-refractivity contribution in [2.45, 2.75) is 0 Å². The molecule has 0 N–H and O–H groups in total. The van der Waals surface area contributed by atoms with Crippen LogP contribution in [0.5, 0.6) is 0 Å². The van der Waals surface area contributed by atoms with E-state index in [1.807, 2.05) is 17.4 Å². The molecule has 1 aliphatic rings. The summed E-state index contributed by atoms with van der Waals surface area (Å²) in [7, 11) is 0. The third-order valence-electron chi connectivity index (χ3n) is 11.8. The van der Waals surface area contributed by atoms with Crippen molar-refractivity contribution in [3.05, 3.63) is 206 Å². The highest BCUT2D eigenvalue weighted by Crippen LogP contribution is 2.49. The summed E-state index contributed by atoms with van der Waals surface area (Å²) in [6.07, 6.45) is 0. The maximum Gasteiger partial charge on any atom is 0.160 e. The molecular weight excluding hydrogens is 733 g/mol. The molecule has 0 saturated heterocycles. The van der Waals surface area contributed by atoms with Crippen LogP contribution in [-0.4, -0.2) is 9.97 Å². The molecule has 0 atom stereocenters. The SMILES string of the molecule is c1ccc(-c2cc(-c3ccc4sc5ccccc5c4c3)cc(-c3cc(-c4cccc(-c5ccc6c7c(cccc57)-c5ccccc5-6)c4)nc(-c4ccccc4)n3)c2)cc1. The molecule has 0 amide bonds. The van der Waals surface area contributed by atoms with Crippen LogP contribution >= 0.6 is 11.3 Å². The van der Waals surface area contributed by atoms with Crippen LogP contribution in [0.15, 0.2) is 206 Å². The summed E-state index contributed by atoms with van der Waals surface area (Å²) in [5.74, 6) is 0.699. The molecular formula is C56H34N2S. The molecule has 0 fully saturated rings. The largest absolute Gasteiger partial charge is 0.228 e. The van der Waals surface area contributed by atoms with E-state index in [4.69, 9.17) is 9.97 Å². The second-order valence-electron chi connectivity index (χ2n) is 15.3. The molecule has 2 nitrogen and oxygen atoms in total. The number of thiophene rings is 1. The Bertz CT molecular complexity index is 3410. The van der Waals surface area contributed by atoms with Crippen molar-refractivity contribution in [2.75, 3.05) is 0 Å². The van der Waals surface area contributed by atoms with Crippen LogP contribution in [0.1, 0.15) is 0 Å². The van der Waals surface area contributed by atoms with E-state index in [1.54, 1.807) is 0 Å². The third kappa shape index (κ3) is 5.70. The first-order valence-electron chi connectivity index (χ1n) is 20.1. The van der Waals surface area contributed by atoms with E-state index in [2.05, 4.69) is 200 Å². The number of nitrogens with zero attached hydrogens (tertiary/aromatic N) is 2. The highest BCUT2D eigenvalue weighted by Gasteiger charge is 2.22. The number of benzene rings is 9. The van der Waals surface area contributed by atoms with Gasteiger partial charge in [0.15, 0.2) is 5.82 Å². The van der Waals surface area contributed by atoms with Gasteiger partial charge in [-0.05, 0) is 115 Å². The van der Waals surface area contributed by atoms with Crippen LogP contribution in [0.3, 0.4) is 0 Å². The fourth-order valence-corrected chi connectivity index (χ4v) is 10.1. The van der Waals surface area contributed by atoms with E-state index in [9.17, 15) is 0 Å². The van der Waals surface area contributed by atoms with Gasteiger partial charge in [-0.1, -0.05) is 158 Å². The van der Waals surface area contributed by atoms with Crippen molar-refractivity contribution in [3.63, 3.8) is 0 Å². The maximum atomic E-state index is 5.31. The standard InChI is InChI=1S/C56H34N2S/c1-3-13-35(14-4-1)40-30-41(37-25-28-54-50(33-37)46-21-9-10-24-53(46)59-54)32-42(31-40)52-34-51(57-56(58-52)36-15-5-2-6-16-36)39-18-11-17-38(29-39)43-26-27-49-45-20-8-7-19-44(45)48-23-12-22-47(43)55(48)49/h1-34H. The summed E-state index contributed by atoms with van der Waals surface area (Å²) in [5, 5.41) is 5.18. The lowest BCUT2D eigenvalue weighted by Crippen LogP contribution is -1.97. The monoisotopic (exact) mass is 766 g/mol. The van der Waals surface area contributed by atoms with Gasteiger partial charge in [-0.3, -0.25) is 0 Å².